The summed E-state index contributed by atoms with van der Waals surface area (Å²) in [7, 11) is 0. The molecule has 1 aliphatic carbocycles. The molecule has 0 bridgehead atoms. The van der Waals surface area contributed by atoms with Gasteiger partial charge in [0.25, 0.3) is 0 Å². The largest absolute Gasteiger partial charge is 0.450 e. The van der Waals surface area contributed by atoms with E-state index >= 15 is 0 Å². The molecule has 55 heavy (non-hydrogen) atoms. The van der Waals surface area contributed by atoms with Crippen molar-refractivity contribution in [2.45, 2.75) is 5.41 Å². The highest BCUT2D eigenvalue weighted by Gasteiger charge is 2.47. The minimum Gasteiger partial charge on any atom is -0.450 e. The summed E-state index contributed by atoms with van der Waals surface area (Å²) in [6.07, 6.45) is 3.40. The average molecular weight is 707 g/mol. The minimum atomic E-state index is -0.527. The molecule has 260 valence electrons. The average Bonchev–Trinajstić information content (AvgIpc) is 3.53. The van der Waals surface area contributed by atoms with Crippen LogP contribution in [0.3, 0.4) is 0 Å². The number of nitrogens with one attached hydrogen (secondary N) is 2. The van der Waals surface area contributed by atoms with E-state index in [9.17, 15) is 0 Å². The normalized spacial score (nSPS) is 13.2. The van der Waals surface area contributed by atoms with Gasteiger partial charge in [-0.05, 0) is 103 Å². The quantitative estimate of drug-likeness (QED) is 0.162. The Morgan fingerprint density at radius 2 is 1.05 bits per heavy atom. The predicted molar refractivity (Wildman–Crippen MR) is 223 cm³/mol. The van der Waals surface area contributed by atoms with Crippen molar-refractivity contribution in [3.63, 3.8) is 0 Å². The summed E-state index contributed by atoms with van der Waals surface area (Å²) in [4.78, 5) is 0. The van der Waals surface area contributed by atoms with E-state index in [1.165, 1.54) is 22.3 Å². The monoisotopic (exact) mass is 706 g/mol. The molecule has 0 amide bonds. The maximum Gasteiger partial charge on any atom is 0.170 e. The van der Waals surface area contributed by atoms with Gasteiger partial charge < -0.3 is 20.3 Å². The second-order valence-corrected chi connectivity index (χ2v) is 14.0. The molecule has 0 saturated heterocycles. The topological polar surface area (TPSA) is 66.2 Å². The van der Waals surface area contributed by atoms with Crippen molar-refractivity contribution in [3.05, 3.63) is 228 Å². The van der Waals surface area contributed by atoms with Crippen molar-refractivity contribution in [2.75, 3.05) is 0 Å². The highest BCUT2D eigenvalue weighted by atomic mass is 16.6. The number of ether oxygens (including phenoxy) is 2. The molecule has 10 rings (SSSR count). The Bertz CT molecular complexity index is 2810. The molecule has 0 atom stereocenters. The predicted octanol–water partition coefficient (Wildman–Crippen LogP) is 12.8. The van der Waals surface area contributed by atoms with Crippen LogP contribution in [-0.2, 0) is 5.41 Å². The van der Waals surface area contributed by atoms with Gasteiger partial charge in [0.15, 0.2) is 23.0 Å². The van der Waals surface area contributed by atoms with E-state index in [1.54, 1.807) is 12.2 Å². The van der Waals surface area contributed by atoms with Gasteiger partial charge >= 0.3 is 0 Å². The zero-order chi connectivity index (χ0) is 36.9. The zero-order valence-electron chi connectivity index (χ0n) is 29.8. The third-order valence-electron chi connectivity index (χ3n) is 10.9. The number of rotatable bonds is 7. The van der Waals surface area contributed by atoms with Crippen molar-refractivity contribution in [3.8, 4) is 45.3 Å². The second-order valence-electron chi connectivity index (χ2n) is 14.0. The first-order valence-electron chi connectivity index (χ1n) is 18.4. The van der Waals surface area contributed by atoms with Crippen LogP contribution in [0.1, 0.15) is 33.4 Å². The fraction of sp³-hybridized carbons (Fsp3) is 0.0196. The van der Waals surface area contributed by atoms with Gasteiger partial charge in [-0.25, -0.2) is 0 Å². The summed E-state index contributed by atoms with van der Waals surface area (Å²) >= 11 is 0. The molecule has 2 aliphatic rings. The molecule has 1 aliphatic heterocycles. The van der Waals surface area contributed by atoms with Crippen LogP contribution >= 0.6 is 0 Å². The first kappa shape index (κ1) is 32.4. The lowest BCUT2D eigenvalue weighted by Crippen LogP contribution is -2.28. The summed E-state index contributed by atoms with van der Waals surface area (Å²) in [5, 5.41) is 19.7. The maximum atomic E-state index is 8.86. The molecular weight excluding hydrogens is 673 g/mol. The standard InChI is InChI=1S/C51H34N2O2/c52-45(26-27-46(53)41-23-12-14-33-13-7-8-21-39(33)41)36-16-11-15-34(29-36)35-25-28-47-48(30-35)55-49-31-42-40-22-9-10-24-43(40)51(37-17-3-1-4-18-37,38-19-5-2-6-20-38)44(42)32-50(49)54-47/h1-32,52-53H/b27-26-,52-45?,53-46?. The van der Waals surface area contributed by atoms with Crippen LogP contribution in [0.2, 0.25) is 0 Å². The summed E-state index contributed by atoms with van der Waals surface area (Å²) in [6.45, 7) is 0. The van der Waals surface area contributed by atoms with E-state index in [2.05, 4.69) is 97.1 Å². The number of allylic oxidation sites excluding steroid dienone is 2. The lowest BCUT2D eigenvalue weighted by Gasteiger charge is -2.34. The lowest BCUT2D eigenvalue weighted by molar-refractivity contribution is 0.359. The van der Waals surface area contributed by atoms with Gasteiger partial charge in [-0.3, -0.25) is 0 Å². The molecule has 0 radical (unpaired) electrons. The van der Waals surface area contributed by atoms with E-state index in [-0.39, 0.29) is 0 Å². The summed E-state index contributed by atoms with van der Waals surface area (Å²) in [5.41, 5.74) is 10.8. The maximum absolute atomic E-state index is 8.86. The SMILES string of the molecule is N=C(/C=C\C(=N)c1cccc2ccccc12)c1cccc(-c2ccc3c(c2)Oc2cc4c(cc2O3)C(c2ccccc2)(c2ccccc2)c2ccccc2-4)c1. The molecule has 4 heteroatoms. The minimum absolute atomic E-state index is 0.328. The van der Waals surface area contributed by atoms with Gasteiger partial charge in [-0.1, -0.05) is 152 Å². The van der Waals surface area contributed by atoms with Gasteiger partial charge in [0.2, 0.25) is 0 Å². The molecule has 4 nitrogen and oxygen atoms in total. The molecule has 0 unspecified atom stereocenters. The van der Waals surface area contributed by atoms with Crippen LogP contribution < -0.4 is 9.47 Å². The van der Waals surface area contributed by atoms with Gasteiger partial charge in [-0.2, -0.15) is 0 Å². The van der Waals surface area contributed by atoms with Crippen LogP contribution in [0.25, 0.3) is 33.0 Å². The number of hydrogen-bond acceptors (Lipinski definition) is 4. The first-order valence-corrected chi connectivity index (χ1v) is 18.4. The number of hydrogen-bond donors (Lipinski definition) is 2. The Kier molecular flexibility index (Phi) is 7.63. The molecule has 8 aromatic carbocycles. The fourth-order valence-electron chi connectivity index (χ4n) is 8.38. The Labute approximate surface area is 319 Å². The van der Waals surface area contributed by atoms with Crippen molar-refractivity contribution in [1.82, 2.24) is 0 Å². The van der Waals surface area contributed by atoms with E-state index in [1.807, 2.05) is 84.9 Å². The van der Waals surface area contributed by atoms with Crippen molar-refractivity contribution < 1.29 is 9.47 Å². The van der Waals surface area contributed by atoms with Crippen LogP contribution in [0.5, 0.6) is 23.0 Å². The van der Waals surface area contributed by atoms with E-state index in [0.29, 0.717) is 34.4 Å². The Balaban J connectivity index is 0.973. The lowest BCUT2D eigenvalue weighted by atomic mass is 9.67. The van der Waals surface area contributed by atoms with Crippen LogP contribution in [-0.4, -0.2) is 11.4 Å². The Morgan fingerprint density at radius 1 is 0.436 bits per heavy atom. The molecule has 0 spiro atoms. The van der Waals surface area contributed by atoms with Gasteiger partial charge in [-0.15, -0.1) is 0 Å². The third kappa shape index (κ3) is 5.30. The molecule has 0 saturated carbocycles. The highest BCUT2D eigenvalue weighted by molar-refractivity contribution is 6.18. The summed E-state index contributed by atoms with van der Waals surface area (Å²) in [6, 6.07) is 62.4. The van der Waals surface area contributed by atoms with Crippen molar-refractivity contribution in [2.24, 2.45) is 0 Å². The third-order valence-corrected chi connectivity index (χ3v) is 10.9. The molecule has 0 fully saturated rings. The number of benzene rings is 8. The van der Waals surface area contributed by atoms with E-state index < -0.39 is 5.41 Å². The summed E-state index contributed by atoms with van der Waals surface area (Å²) < 4.78 is 13.3. The van der Waals surface area contributed by atoms with E-state index in [4.69, 9.17) is 20.3 Å². The zero-order valence-corrected chi connectivity index (χ0v) is 29.8. The summed E-state index contributed by atoms with van der Waals surface area (Å²) in [5.74, 6) is 2.64. The van der Waals surface area contributed by atoms with Crippen molar-refractivity contribution >= 4 is 22.2 Å². The second kappa shape index (κ2) is 13.0. The van der Waals surface area contributed by atoms with Crippen molar-refractivity contribution in [1.29, 1.82) is 10.8 Å². The fourth-order valence-corrected chi connectivity index (χ4v) is 8.38. The Morgan fingerprint density at radius 3 is 1.87 bits per heavy atom. The van der Waals surface area contributed by atoms with Gasteiger partial charge in [0, 0.05) is 5.56 Å². The molecular formula is C51H34N2O2. The van der Waals surface area contributed by atoms with E-state index in [0.717, 1.165) is 44.2 Å². The smallest absolute Gasteiger partial charge is 0.170 e. The van der Waals surface area contributed by atoms with Crippen LogP contribution in [0.4, 0.5) is 0 Å². The van der Waals surface area contributed by atoms with Gasteiger partial charge in [0.1, 0.15) is 0 Å². The van der Waals surface area contributed by atoms with Crippen LogP contribution in [0, 0.1) is 10.8 Å². The number of fused-ring (bicyclic) bond motifs is 6. The Hall–Kier alpha value is -7.30. The molecule has 0 aromatic heterocycles. The van der Waals surface area contributed by atoms with Gasteiger partial charge in [0.05, 0.1) is 16.8 Å². The first-order chi connectivity index (χ1) is 27.1. The highest BCUT2D eigenvalue weighted by Crippen LogP contribution is 2.59. The molecule has 2 N–H and O–H groups in total. The molecule has 1 heterocycles. The molecule has 8 aromatic rings. The van der Waals surface area contributed by atoms with Crippen LogP contribution in [0.15, 0.2) is 194 Å².